The number of aliphatic hydroxyl groups excluding tert-OH is 1. The van der Waals surface area contributed by atoms with Crippen LogP contribution in [-0.4, -0.2) is 55.8 Å². The smallest absolute Gasteiger partial charge is 0.184 e. The fourth-order valence-electron chi connectivity index (χ4n) is 1.74. The van der Waals surface area contributed by atoms with Crippen LogP contribution >= 0.6 is 0 Å². The van der Waals surface area contributed by atoms with Crippen molar-refractivity contribution in [3.8, 4) is 0 Å². The van der Waals surface area contributed by atoms with Crippen LogP contribution in [0.15, 0.2) is 0 Å². The van der Waals surface area contributed by atoms with Gasteiger partial charge in [0.25, 0.3) is 0 Å². The standard InChI is InChI=1S/C9H19NO3.C2H6/c1-6-5-7(10(2)3)8(11)9(12-4)13-6;1-2/h6-9,11H,5H2,1-4H3;1-2H3/t6-,7+,8-,9?;/m1./s1. The van der Waals surface area contributed by atoms with Crippen molar-refractivity contribution in [3.05, 3.63) is 0 Å². The van der Waals surface area contributed by atoms with Crippen LogP contribution in [0.4, 0.5) is 0 Å². The van der Waals surface area contributed by atoms with Gasteiger partial charge in [-0.05, 0) is 27.4 Å². The molecule has 1 aliphatic rings. The molecule has 0 aliphatic carbocycles. The molecule has 0 bridgehead atoms. The van der Waals surface area contributed by atoms with Crippen LogP contribution in [0.3, 0.4) is 0 Å². The summed E-state index contributed by atoms with van der Waals surface area (Å²) in [7, 11) is 5.47. The second-order valence-electron chi connectivity index (χ2n) is 3.81. The number of methoxy groups -OCH3 is 1. The van der Waals surface area contributed by atoms with E-state index in [1.165, 1.54) is 0 Å². The first-order chi connectivity index (χ1) is 7.06. The molecular formula is C11H25NO3. The van der Waals surface area contributed by atoms with Crippen molar-refractivity contribution >= 4 is 0 Å². The van der Waals surface area contributed by atoms with Crippen LogP contribution in [0.5, 0.6) is 0 Å². The van der Waals surface area contributed by atoms with E-state index in [1.807, 2.05) is 39.8 Å². The molecule has 0 saturated carbocycles. The molecule has 1 aliphatic heterocycles. The monoisotopic (exact) mass is 219 g/mol. The first kappa shape index (κ1) is 14.8. The molecule has 0 radical (unpaired) electrons. The Morgan fingerprint density at radius 3 is 2.27 bits per heavy atom. The van der Waals surface area contributed by atoms with Crippen LogP contribution in [0, 0.1) is 0 Å². The van der Waals surface area contributed by atoms with Gasteiger partial charge in [-0.1, -0.05) is 13.8 Å². The summed E-state index contributed by atoms with van der Waals surface area (Å²) in [5.74, 6) is 0. The lowest BCUT2D eigenvalue weighted by atomic mass is 9.99. The fourth-order valence-corrected chi connectivity index (χ4v) is 1.74. The average Bonchev–Trinajstić information content (AvgIpc) is 2.23. The Balaban J connectivity index is 0.000000921. The molecule has 1 heterocycles. The lowest BCUT2D eigenvalue weighted by Crippen LogP contribution is -2.53. The molecule has 1 N–H and O–H groups in total. The molecule has 0 aromatic rings. The van der Waals surface area contributed by atoms with Crippen molar-refractivity contribution in [2.75, 3.05) is 21.2 Å². The van der Waals surface area contributed by atoms with E-state index in [1.54, 1.807) is 7.11 Å². The van der Waals surface area contributed by atoms with Gasteiger partial charge in [-0.15, -0.1) is 0 Å². The van der Waals surface area contributed by atoms with E-state index >= 15 is 0 Å². The van der Waals surface area contributed by atoms with Crippen molar-refractivity contribution in [3.63, 3.8) is 0 Å². The number of hydrogen-bond donors (Lipinski definition) is 1. The molecule has 4 atom stereocenters. The molecular weight excluding hydrogens is 194 g/mol. The zero-order chi connectivity index (χ0) is 12.0. The third kappa shape index (κ3) is 4.07. The van der Waals surface area contributed by atoms with Crippen molar-refractivity contribution in [2.45, 2.75) is 51.7 Å². The molecule has 1 unspecified atom stereocenters. The second-order valence-corrected chi connectivity index (χ2v) is 3.81. The molecule has 1 rings (SSSR count). The number of hydrogen-bond acceptors (Lipinski definition) is 4. The number of aliphatic hydroxyl groups is 1. The fraction of sp³-hybridized carbons (Fsp3) is 1.00. The van der Waals surface area contributed by atoms with Crippen molar-refractivity contribution < 1.29 is 14.6 Å². The van der Waals surface area contributed by atoms with Gasteiger partial charge in [-0.25, -0.2) is 0 Å². The topological polar surface area (TPSA) is 41.9 Å². The van der Waals surface area contributed by atoms with Gasteiger partial charge in [0, 0.05) is 13.2 Å². The largest absolute Gasteiger partial charge is 0.386 e. The molecule has 0 amide bonds. The Bertz CT molecular complexity index is 164. The summed E-state index contributed by atoms with van der Waals surface area (Å²) in [6, 6.07) is 0.119. The molecule has 0 spiro atoms. The van der Waals surface area contributed by atoms with E-state index in [4.69, 9.17) is 9.47 Å². The SMILES string of the molecule is CC.COC1O[C@H](C)C[C@H](N(C)C)[C@H]1O. The minimum absolute atomic E-state index is 0.119. The van der Waals surface area contributed by atoms with Crippen LogP contribution in [0.25, 0.3) is 0 Å². The normalized spacial score (nSPS) is 36.0. The van der Waals surface area contributed by atoms with Gasteiger partial charge in [-0.2, -0.15) is 0 Å². The van der Waals surface area contributed by atoms with Gasteiger partial charge in [0.05, 0.1) is 6.10 Å². The highest BCUT2D eigenvalue weighted by Gasteiger charge is 2.37. The van der Waals surface area contributed by atoms with Gasteiger partial charge in [0.1, 0.15) is 6.10 Å². The molecule has 4 heteroatoms. The summed E-state index contributed by atoms with van der Waals surface area (Å²) in [6.45, 7) is 5.99. The highest BCUT2D eigenvalue weighted by atomic mass is 16.7. The highest BCUT2D eigenvalue weighted by molar-refractivity contribution is 4.84. The Morgan fingerprint density at radius 2 is 1.87 bits per heavy atom. The Morgan fingerprint density at radius 1 is 1.33 bits per heavy atom. The van der Waals surface area contributed by atoms with E-state index in [2.05, 4.69) is 0 Å². The summed E-state index contributed by atoms with van der Waals surface area (Å²) in [4.78, 5) is 2.01. The first-order valence-electron chi connectivity index (χ1n) is 5.59. The molecule has 4 nitrogen and oxygen atoms in total. The third-order valence-corrected chi connectivity index (χ3v) is 2.51. The van der Waals surface area contributed by atoms with Crippen LogP contribution in [0.1, 0.15) is 27.2 Å². The van der Waals surface area contributed by atoms with Crippen molar-refractivity contribution in [1.29, 1.82) is 0 Å². The van der Waals surface area contributed by atoms with Gasteiger partial charge in [0.2, 0.25) is 0 Å². The number of rotatable bonds is 2. The predicted molar refractivity (Wildman–Crippen MR) is 60.8 cm³/mol. The summed E-state index contributed by atoms with van der Waals surface area (Å²) in [5, 5.41) is 9.83. The average molecular weight is 219 g/mol. The molecule has 0 aromatic heterocycles. The highest BCUT2D eigenvalue weighted by Crippen LogP contribution is 2.23. The van der Waals surface area contributed by atoms with Gasteiger partial charge in [0.15, 0.2) is 6.29 Å². The molecule has 15 heavy (non-hydrogen) atoms. The summed E-state index contributed by atoms with van der Waals surface area (Å²) in [6.07, 6.45) is -0.0679. The lowest BCUT2D eigenvalue weighted by molar-refractivity contribution is -0.242. The third-order valence-electron chi connectivity index (χ3n) is 2.51. The summed E-state index contributed by atoms with van der Waals surface area (Å²) < 4.78 is 10.5. The Labute approximate surface area is 93.2 Å². The maximum atomic E-state index is 9.83. The van der Waals surface area contributed by atoms with Crippen molar-refractivity contribution in [1.82, 2.24) is 4.90 Å². The van der Waals surface area contributed by atoms with Gasteiger partial charge < -0.3 is 19.5 Å². The Hall–Kier alpha value is -0.160. The predicted octanol–water partition coefficient (Wildman–Crippen LogP) is 1.08. The van der Waals surface area contributed by atoms with E-state index in [9.17, 15) is 5.11 Å². The second kappa shape index (κ2) is 7.17. The van der Waals surface area contributed by atoms with Crippen LogP contribution in [-0.2, 0) is 9.47 Å². The minimum atomic E-state index is -0.559. The molecule has 1 fully saturated rings. The van der Waals surface area contributed by atoms with E-state index < -0.39 is 12.4 Å². The molecule has 1 saturated heterocycles. The quantitative estimate of drug-likeness (QED) is 0.755. The van der Waals surface area contributed by atoms with Crippen molar-refractivity contribution in [2.24, 2.45) is 0 Å². The first-order valence-corrected chi connectivity index (χ1v) is 5.59. The molecule has 0 aromatic carbocycles. The zero-order valence-corrected chi connectivity index (χ0v) is 10.7. The summed E-state index contributed by atoms with van der Waals surface area (Å²) >= 11 is 0. The maximum Gasteiger partial charge on any atom is 0.184 e. The number of nitrogens with zero attached hydrogens (tertiary/aromatic N) is 1. The van der Waals surface area contributed by atoms with Crippen LogP contribution < -0.4 is 0 Å². The minimum Gasteiger partial charge on any atom is -0.386 e. The molecule has 92 valence electrons. The van der Waals surface area contributed by atoms with Gasteiger partial charge in [-0.3, -0.25) is 0 Å². The lowest BCUT2D eigenvalue weighted by Gasteiger charge is -2.40. The Kier molecular flexibility index (Phi) is 7.09. The zero-order valence-electron chi connectivity index (χ0n) is 10.7. The van der Waals surface area contributed by atoms with E-state index in [-0.39, 0.29) is 12.1 Å². The van der Waals surface area contributed by atoms with E-state index in [0.717, 1.165) is 6.42 Å². The maximum absolute atomic E-state index is 9.83. The number of likely N-dealkylation sites (N-methyl/N-ethyl adjacent to an activating group) is 1. The van der Waals surface area contributed by atoms with Crippen LogP contribution in [0.2, 0.25) is 0 Å². The summed E-state index contributed by atoms with van der Waals surface area (Å²) in [5.41, 5.74) is 0. The van der Waals surface area contributed by atoms with Gasteiger partial charge >= 0.3 is 0 Å². The van der Waals surface area contributed by atoms with E-state index in [0.29, 0.717) is 0 Å². The number of ether oxygens (including phenoxy) is 2.